The summed E-state index contributed by atoms with van der Waals surface area (Å²) in [6.07, 6.45) is 1.02. The summed E-state index contributed by atoms with van der Waals surface area (Å²) in [4.78, 5) is -0.641. The van der Waals surface area contributed by atoms with E-state index in [9.17, 15) is 17.2 Å². The number of rotatable bonds is 3. The SMILES string of the molecule is Nc1c(F)ccc(S(=O)(=O)NC2CCOCC2)c1F. The van der Waals surface area contributed by atoms with Crippen LogP contribution in [0.15, 0.2) is 17.0 Å². The molecule has 0 radical (unpaired) electrons. The molecule has 0 amide bonds. The molecule has 2 rings (SSSR count). The normalized spacial score (nSPS) is 17.6. The van der Waals surface area contributed by atoms with E-state index in [0.29, 0.717) is 26.1 Å². The number of anilines is 1. The second kappa shape index (κ2) is 5.40. The molecular formula is C11H14F2N2O3S. The van der Waals surface area contributed by atoms with Gasteiger partial charge in [-0.05, 0) is 25.0 Å². The lowest BCUT2D eigenvalue weighted by Gasteiger charge is -2.23. The van der Waals surface area contributed by atoms with E-state index in [-0.39, 0.29) is 6.04 Å². The van der Waals surface area contributed by atoms with Gasteiger partial charge in [0.1, 0.15) is 16.4 Å². The van der Waals surface area contributed by atoms with Crippen LogP contribution in [0.5, 0.6) is 0 Å². The summed E-state index contributed by atoms with van der Waals surface area (Å²) in [5, 5.41) is 0. The molecule has 1 heterocycles. The zero-order valence-corrected chi connectivity index (χ0v) is 10.8. The van der Waals surface area contributed by atoms with Crippen LogP contribution in [0.1, 0.15) is 12.8 Å². The van der Waals surface area contributed by atoms with Crippen LogP contribution in [0.2, 0.25) is 0 Å². The van der Waals surface area contributed by atoms with Crippen LogP contribution in [0.4, 0.5) is 14.5 Å². The van der Waals surface area contributed by atoms with Gasteiger partial charge in [-0.2, -0.15) is 0 Å². The van der Waals surface area contributed by atoms with Crippen LogP contribution >= 0.6 is 0 Å². The zero-order valence-electron chi connectivity index (χ0n) is 10.0. The minimum atomic E-state index is -4.06. The molecule has 0 unspecified atom stereocenters. The highest BCUT2D eigenvalue weighted by Gasteiger charge is 2.26. The first-order valence-corrected chi connectivity index (χ1v) is 7.23. The Labute approximate surface area is 109 Å². The first-order chi connectivity index (χ1) is 8.92. The Kier molecular flexibility index (Phi) is 4.02. The molecule has 0 spiro atoms. The molecule has 1 saturated heterocycles. The molecule has 1 aliphatic heterocycles. The first kappa shape index (κ1) is 14.2. The smallest absolute Gasteiger partial charge is 0.243 e. The van der Waals surface area contributed by atoms with Gasteiger partial charge in [-0.15, -0.1) is 0 Å². The second-order valence-corrected chi connectivity index (χ2v) is 5.96. The maximum atomic E-state index is 13.7. The lowest BCUT2D eigenvalue weighted by Crippen LogP contribution is -2.39. The molecular weight excluding hydrogens is 278 g/mol. The van der Waals surface area contributed by atoms with Crippen LogP contribution in [-0.2, 0) is 14.8 Å². The van der Waals surface area contributed by atoms with Gasteiger partial charge in [0.2, 0.25) is 10.0 Å². The fraction of sp³-hybridized carbons (Fsp3) is 0.455. The van der Waals surface area contributed by atoms with Gasteiger partial charge in [0.25, 0.3) is 0 Å². The molecule has 3 N–H and O–H groups in total. The van der Waals surface area contributed by atoms with Crippen molar-refractivity contribution in [3.8, 4) is 0 Å². The third kappa shape index (κ3) is 3.02. The van der Waals surface area contributed by atoms with Crippen LogP contribution in [0, 0.1) is 11.6 Å². The minimum absolute atomic E-state index is 0.315. The summed E-state index contributed by atoms with van der Waals surface area (Å²) in [5.41, 5.74) is 4.35. The van der Waals surface area contributed by atoms with Crippen LogP contribution in [0.3, 0.4) is 0 Å². The number of ether oxygens (including phenoxy) is 1. The molecule has 0 aliphatic carbocycles. The van der Waals surface area contributed by atoms with Crippen LogP contribution in [0.25, 0.3) is 0 Å². The van der Waals surface area contributed by atoms with Gasteiger partial charge in [0.15, 0.2) is 5.82 Å². The highest BCUT2D eigenvalue weighted by molar-refractivity contribution is 7.89. The monoisotopic (exact) mass is 292 g/mol. The quantitative estimate of drug-likeness (QED) is 0.815. The molecule has 19 heavy (non-hydrogen) atoms. The summed E-state index contributed by atoms with van der Waals surface area (Å²) in [5.74, 6) is -2.25. The van der Waals surface area contributed by atoms with Crippen molar-refractivity contribution in [1.82, 2.24) is 4.72 Å². The molecule has 0 aromatic heterocycles. The van der Waals surface area contributed by atoms with Crippen LogP contribution in [-0.4, -0.2) is 27.7 Å². The molecule has 8 heteroatoms. The van der Waals surface area contributed by atoms with Gasteiger partial charge in [-0.3, -0.25) is 0 Å². The van der Waals surface area contributed by atoms with Gasteiger partial charge in [0.05, 0.1) is 0 Å². The fourth-order valence-electron chi connectivity index (χ4n) is 1.86. The van der Waals surface area contributed by atoms with E-state index in [1.165, 1.54) is 0 Å². The number of nitrogens with two attached hydrogens (primary N) is 1. The van der Waals surface area contributed by atoms with Gasteiger partial charge in [0, 0.05) is 19.3 Å². The Morgan fingerprint density at radius 3 is 2.53 bits per heavy atom. The van der Waals surface area contributed by atoms with Crippen molar-refractivity contribution in [2.45, 2.75) is 23.8 Å². The Hall–Kier alpha value is -1.25. The maximum absolute atomic E-state index is 13.7. The number of nitrogens with one attached hydrogen (secondary N) is 1. The summed E-state index contributed by atoms with van der Waals surface area (Å²) in [6.45, 7) is 0.891. The van der Waals surface area contributed by atoms with Crippen molar-refractivity contribution >= 4 is 15.7 Å². The third-order valence-corrected chi connectivity index (χ3v) is 4.46. The van der Waals surface area contributed by atoms with Crippen molar-refractivity contribution in [2.75, 3.05) is 18.9 Å². The average molecular weight is 292 g/mol. The fourth-order valence-corrected chi connectivity index (χ4v) is 3.25. The summed E-state index contributed by atoms with van der Waals surface area (Å²) >= 11 is 0. The standard InChI is InChI=1S/C11H14F2N2O3S/c12-8-1-2-9(10(13)11(8)14)19(16,17)15-7-3-5-18-6-4-7/h1-2,7,15H,3-6,14H2. The largest absolute Gasteiger partial charge is 0.394 e. The predicted molar refractivity (Wildman–Crippen MR) is 64.9 cm³/mol. The number of halogens is 2. The zero-order chi connectivity index (χ0) is 14.0. The van der Waals surface area contributed by atoms with E-state index in [1.54, 1.807) is 0 Å². The molecule has 5 nitrogen and oxygen atoms in total. The molecule has 0 saturated carbocycles. The maximum Gasteiger partial charge on any atom is 0.243 e. The Balaban J connectivity index is 2.26. The van der Waals surface area contributed by atoms with E-state index in [0.717, 1.165) is 12.1 Å². The number of sulfonamides is 1. The van der Waals surface area contributed by atoms with Gasteiger partial charge in [-0.25, -0.2) is 21.9 Å². The van der Waals surface area contributed by atoms with Crippen molar-refractivity contribution in [3.63, 3.8) is 0 Å². The first-order valence-electron chi connectivity index (χ1n) is 5.75. The van der Waals surface area contributed by atoms with Crippen molar-refractivity contribution in [3.05, 3.63) is 23.8 Å². The minimum Gasteiger partial charge on any atom is -0.394 e. The van der Waals surface area contributed by atoms with Crippen molar-refractivity contribution in [1.29, 1.82) is 0 Å². The average Bonchev–Trinajstić information content (AvgIpc) is 2.36. The van der Waals surface area contributed by atoms with Gasteiger partial charge in [-0.1, -0.05) is 0 Å². The van der Waals surface area contributed by atoms with Crippen molar-refractivity contribution < 1.29 is 21.9 Å². The summed E-state index contributed by atoms with van der Waals surface area (Å²) in [7, 11) is -4.06. The van der Waals surface area contributed by atoms with E-state index in [4.69, 9.17) is 10.5 Å². The molecule has 1 aromatic carbocycles. The number of nitrogen functional groups attached to an aromatic ring is 1. The van der Waals surface area contributed by atoms with Gasteiger partial charge >= 0.3 is 0 Å². The Morgan fingerprint density at radius 1 is 1.26 bits per heavy atom. The Bertz CT molecular complexity index is 572. The van der Waals surface area contributed by atoms with Crippen LogP contribution < -0.4 is 10.5 Å². The summed E-state index contributed by atoms with van der Waals surface area (Å²) < 4.78 is 58.2. The van der Waals surface area contributed by atoms with E-state index >= 15 is 0 Å². The Morgan fingerprint density at radius 2 is 1.89 bits per heavy atom. The van der Waals surface area contributed by atoms with E-state index in [1.807, 2.05) is 0 Å². The molecule has 1 aliphatic rings. The molecule has 1 aromatic rings. The van der Waals surface area contributed by atoms with E-state index in [2.05, 4.69) is 4.72 Å². The molecule has 0 atom stereocenters. The molecule has 0 bridgehead atoms. The number of hydrogen-bond acceptors (Lipinski definition) is 4. The van der Waals surface area contributed by atoms with E-state index < -0.39 is 32.2 Å². The third-order valence-electron chi connectivity index (χ3n) is 2.92. The topological polar surface area (TPSA) is 81.4 Å². The number of hydrogen-bond donors (Lipinski definition) is 2. The molecule has 1 fully saturated rings. The van der Waals surface area contributed by atoms with Gasteiger partial charge < -0.3 is 10.5 Å². The highest BCUT2D eigenvalue weighted by Crippen LogP contribution is 2.23. The number of benzene rings is 1. The lowest BCUT2D eigenvalue weighted by molar-refractivity contribution is 0.0832. The predicted octanol–water partition coefficient (Wildman–Crippen LogP) is 1.00. The highest BCUT2D eigenvalue weighted by atomic mass is 32.2. The summed E-state index contributed by atoms with van der Waals surface area (Å²) in [6, 6.07) is 1.38. The molecule has 106 valence electrons. The second-order valence-electron chi connectivity index (χ2n) is 4.28. The lowest BCUT2D eigenvalue weighted by atomic mass is 10.1. The van der Waals surface area contributed by atoms with Crippen molar-refractivity contribution in [2.24, 2.45) is 0 Å².